The minimum absolute atomic E-state index is 0.0150. The lowest BCUT2D eigenvalue weighted by atomic mass is 9.87. The number of ether oxygens (including phenoxy) is 2. The summed E-state index contributed by atoms with van der Waals surface area (Å²) in [6, 6.07) is 9.18. The number of fused-ring (bicyclic) bond motifs is 1. The van der Waals surface area contributed by atoms with Gasteiger partial charge in [-0.25, -0.2) is 4.39 Å². The number of β-amino-alcohol motifs (C(OH)–C–C–N with tert-alkyl or cyclic N) is 1. The highest BCUT2D eigenvalue weighted by Gasteiger charge is 2.42. The predicted octanol–water partition coefficient (Wildman–Crippen LogP) is 2.98. The Bertz CT molecular complexity index is 1050. The summed E-state index contributed by atoms with van der Waals surface area (Å²) in [5, 5.41) is 20.5. The predicted molar refractivity (Wildman–Crippen MR) is 124 cm³/mol. The Kier molecular flexibility index (Phi) is 6.36. The molecule has 2 aromatic rings. The van der Waals surface area contributed by atoms with E-state index >= 15 is 0 Å². The van der Waals surface area contributed by atoms with E-state index in [0.717, 1.165) is 63.2 Å². The van der Waals surface area contributed by atoms with Gasteiger partial charge < -0.3 is 29.5 Å². The maximum Gasteiger partial charge on any atom is 0.257 e. The van der Waals surface area contributed by atoms with E-state index in [-0.39, 0.29) is 35.4 Å². The van der Waals surface area contributed by atoms with Crippen molar-refractivity contribution in [2.24, 2.45) is 0 Å². The minimum Gasteiger partial charge on any atom is -0.508 e. The molecule has 8 heteroatoms. The number of aliphatic hydroxyl groups excluding tert-OH is 1. The summed E-state index contributed by atoms with van der Waals surface area (Å²) in [6.07, 6.45) is 3.55. The van der Waals surface area contributed by atoms with Crippen molar-refractivity contribution >= 4 is 5.91 Å². The van der Waals surface area contributed by atoms with Crippen molar-refractivity contribution in [2.45, 2.75) is 43.8 Å². The van der Waals surface area contributed by atoms with E-state index < -0.39 is 6.10 Å². The van der Waals surface area contributed by atoms with Gasteiger partial charge in [0.15, 0.2) is 0 Å². The summed E-state index contributed by atoms with van der Waals surface area (Å²) in [4.78, 5) is 16.8. The number of phenolic OH excluding ortho intramolecular Hbond substituents is 1. The van der Waals surface area contributed by atoms with Crippen LogP contribution in [-0.4, -0.2) is 77.0 Å². The van der Waals surface area contributed by atoms with E-state index in [0.29, 0.717) is 18.5 Å². The SMILES string of the molecule is O=C(c1ccc(O)cc1OC[C@H](O)CN1CCC2(CC1)Cc1cc(F)ccc1O2)N1CCCC1. The molecule has 2 aromatic carbocycles. The Morgan fingerprint density at radius 3 is 2.65 bits per heavy atom. The zero-order valence-electron chi connectivity index (χ0n) is 19.2. The first kappa shape index (κ1) is 22.9. The van der Waals surface area contributed by atoms with E-state index in [4.69, 9.17) is 9.47 Å². The van der Waals surface area contributed by atoms with Crippen LogP contribution in [0.2, 0.25) is 0 Å². The highest BCUT2D eigenvalue weighted by molar-refractivity contribution is 5.97. The van der Waals surface area contributed by atoms with Crippen molar-refractivity contribution in [2.75, 3.05) is 39.3 Å². The number of aromatic hydroxyl groups is 1. The van der Waals surface area contributed by atoms with Gasteiger partial charge >= 0.3 is 0 Å². The lowest BCUT2D eigenvalue weighted by molar-refractivity contribution is -0.00202. The van der Waals surface area contributed by atoms with Gasteiger partial charge in [0, 0.05) is 63.6 Å². The Morgan fingerprint density at radius 2 is 1.88 bits per heavy atom. The molecular weight excluding hydrogens is 439 g/mol. The molecule has 3 aliphatic rings. The van der Waals surface area contributed by atoms with Gasteiger partial charge in [0.2, 0.25) is 0 Å². The molecule has 0 radical (unpaired) electrons. The largest absolute Gasteiger partial charge is 0.508 e. The molecular formula is C26H31FN2O5. The van der Waals surface area contributed by atoms with Crippen LogP contribution in [0, 0.1) is 5.82 Å². The number of piperidine rings is 1. The van der Waals surface area contributed by atoms with E-state index in [1.165, 1.54) is 18.2 Å². The number of phenols is 1. The summed E-state index contributed by atoms with van der Waals surface area (Å²) in [6.45, 7) is 3.43. The number of aliphatic hydroxyl groups is 1. The number of rotatable bonds is 6. The number of hydrogen-bond donors (Lipinski definition) is 2. The Morgan fingerprint density at radius 1 is 1.12 bits per heavy atom. The van der Waals surface area contributed by atoms with Crippen LogP contribution in [0.3, 0.4) is 0 Å². The molecule has 34 heavy (non-hydrogen) atoms. The minimum atomic E-state index is -0.748. The van der Waals surface area contributed by atoms with Crippen molar-refractivity contribution in [3.05, 3.63) is 53.3 Å². The molecule has 2 N–H and O–H groups in total. The first-order chi connectivity index (χ1) is 16.4. The lowest BCUT2D eigenvalue weighted by Crippen LogP contribution is -2.49. The van der Waals surface area contributed by atoms with Crippen LogP contribution in [0.1, 0.15) is 41.6 Å². The average Bonchev–Trinajstić information content (AvgIpc) is 3.47. The van der Waals surface area contributed by atoms with Gasteiger partial charge in [0.25, 0.3) is 5.91 Å². The zero-order chi connectivity index (χ0) is 23.7. The highest BCUT2D eigenvalue weighted by atomic mass is 19.1. The van der Waals surface area contributed by atoms with Gasteiger partial charge in [-0.15, -0.1) is 0 Å². The molecule has 1 spiro atoms. The van der Waals surface area contributed by atoms with Gasteiger partial charge in [-0.05, 0) is 43.2 Å². The maximum atomic E-state index is 13.5. The third kappa shape index (κ3) is 4.83. The molecule has 0 aliphatic carbocycles. The summed E-state index contributed by atoms with van der Waals surface area (Å²) in [7, 11) is 0. The van der Waals surface area contributed by atoms with Crippen molar-refractivity contribution < 1.29 is 28.9 Å². The molecule has 1 atom stereocenters. The van der Waals surface area contributed by atoms with Gasteiger partial charge in [0.05, 0.1) is 5.56 Å². The van der Waals surface area contributed by atoms with Crippen LogP contribution in [0.4, 0.5) is 4.39 Å². The Labute approximate surface area is 198 Å². The fourth-order valence-electron chi connectivity index (χ4n) is 5.26. The topological polar surface area (TPSA) is 82.5 Å². The molecule has 3 heterocycles. The first-order valence-corrected chi connectivity index (χ1v) is 12.0. The summed E-state index contributed by atoms with van der Waals surface area (Å²) < 4.78 is 25.6. The number of likely N-dealkylation sites (tertiary alicyclic amines) is 2. The van der Waals surface area contributed by atoms with Gasteiger partial charge in [-0.2, -0.15) is 0 Å². The van der Waals surface area contributed by atoms with E-state index in [9.17, 15) is 19.4 Å². The second-order valence-corrected chi connectivity index (χ2v) is 9.66. The van der Waals surface area contributed by atoms with E-state index in [2.05, 4.69) is 4.90 Å². The summed E-state index contributed by atoms with van der Waals surface area (Å²) >= 11 is 0. The maximum absolute atomic E-state index is 13.5. The molecule has 0 bridgehead atoms. The van der Waals surface area contributed by atoms with Gasteiger partial charge in [-0.3, -0.25) is 4.79 Å². The molecule has 5 rings (SSSR count). The third-order valence-corrected chi connectivity index (χ3v) is 7.12. The van der Waals surface area contributed by atoms with Crippen molar-refractivity contribution in [1.29, 1.82) is 0 Å². The number of carbonyl (C=O) groups is 1. The van der Waals surface area contributed by atoms with Gasteiger partial charge in [0.1, 0.15) is 41.4 Å². The van der Waals surface area contributed by atoms with Crippen LogP contribution in [0.5, 0.6) is 17.2 Å². The molecule has 1 amide bonds. The van der Waals surface area contributed by atoms with Crippen LogP contribution in [-0.2, 0) is 6.42 Å². The average molecular weight is 471 g/mol. The third-order valence-electron chi connectivity index (χ3n) is 7.12. The fourth-order valence-corrected chi connectivity index (χ4v) is 5.26. The monoisotopic (exact) mass is 470 g/mol. The quantitative estimate of drug-likeness (QED) is 0.676. The standard InChI is InChI=1S/C26H31FN2O5/c27-19-3-6-23-18(13-19)15-26(34-23)7-11-28(12-8-26)16-21(31)17-33-24-14-20(30)4-5-22(24)25(32)29-9-1-2-10-29/h3-6,13-14,21,30-31H,1-2,7-12,15-17H2/t21-/m1/s1. The molecule has 2 saturated heterocycles. The second-order valence-electron chi connectivity index (χ2n) is 9.66. The van der Waals surface area contributed by atoms with Crippen LogP contribution >= 0.6 is 0 Å². The number of halogens is 1. The molecule has 182 valence electrons. The summed E-state index contributed by atoms with van der Waals surface area (Å²) in [5.74, 6) is 0.727. The molecule has 3 aliphatic heterocycles. The normalized spacial score (nSPS) is 20.2. The van der Waals surface area contributed by atoms with Crippen LogP contribution in [0.25, 0.3) is 0 Å². The number of benzene rings is 2. The molecule has 0 saturated carbocycles. The summed E-state index contributed by atoms with van der Waals surface area (Å²) in [5.41, 5.74) is 1.04. The van der Waals surface area contributed by atoms with Crippen molar-refractivity contribution in [3.8, 4) is 17.2 Å². The first-order valence-electron chi connectivity index (χ1n) is 12.0. The van der Waals surface area contributed by atoms with Crippen molar-refractivity contribution in [1.82, 2.24) is 9.80 Å². The Balaban J connectivity index is 1.13. The molecule has 2 fully saturated rings. The van der Waals surface area contributed by atoms with E-state index in [1.807, 2.05) is 0 Å². The lowest BCUT2D eigenvalue weighted by Gasteiger charge is -2.39. The molecule has 0 aromatic heterocycles. The van der Waals surface area contributed by atoms with Crippen LogP contribution in [0.15, 0.2) is 36.4 Å². The highest BCUT2D eigenvalue weighted by Crippen LogP contribution is 2.41. The number of nitrogens with zero attached hydrogens (tertiary/aromatic N) is 2. The molecule has 7 nitrogen and oxygen atoms in total. The van der Waals surface area contributed by atoms with Crippen LogP contribution < -0.4 is 9.47 Å². The Hall–Kier alpha value is -2.84. The van der Waals surface area contributed by atoms with Crippen molar-refractivity contribution in [3.63, 3.8) is 0 Å². The van der Waals surface area contributed by atoms with E-state index in [1.54, 1.807) is 23.1 Å². The smallest absolute Gasteiger partial charge is 0.257 e. The molecule has 0 unspecified atom stereocenters. The number of amides is 1. The second kappa shape index (κ2) is 9.43. The van der Waals surface area contributed by atoms with Gasteiger partial charge in [-0.1, -0.05) is 0 Å². The number of hydrogen-bond acceptors (Lipinski definition) is 6. The number of carbonyl (C=O) groups excluding carboxylic acids is 1. The zero-order valence-corrected chi connectivity index (χ0v) is 19.2. The fraction of sp³-hybridized carbons (Fsp3) is 0.500.